The quantitative estimate of drug-likeness (QED) is 0.409. The number of hydrogen-bond acceptors (Lipinski definition) is 7. The topological polar surface area (TPSA) is 119 Å². The van der Waals surface area contributed by atoms with Crippen LogP contribution >= 0.6 is 0 Å². The third kappa shape index (κ3) is 6.11. The average molecular weight is 481 g/mol. The maximum Gasteiger partial charge on any atom is 0.338 e. The molecular formula is C26H28N2O7. The Bertz CT molecular complexity index is 1090. The molecule has 0 fully saturated rings. The number of anilines is 1. The molecule has 1 N–H and O–H groups in total. The van der Waals surface area contributed by atoms with E-state index in [9.17, 15) is 24.0 Å². The van der Waals surface area contributed by atoms with Crippen molar-refractivity contribution in [2.24, 2.45) is 5.92 Å². The average Bonchev–Trinajstić information content (AvgIpc) is 3.09. The first-order chi connectivity index (χ1) is 16.7. The van der Waals surface area contributed by atoms with E-state index in [1.807, 2.05) is 20.8 Å². The van der Waals surface area contributed by atoms with Gasteiger partial charge in [0, 0.05) is 5.69 Å². The van der Waals surface area contributed by atoms with Crippen molar-refractivity contribution in [2.45, 2.75) is 39.7 Å². The second-order valence-electron chi connectivity index (χ2n) is 8.54. The number of rotatable bonds is 10. The van der Waals surface area contributed by atoms with Crippen LogP contribution in [0.2, 0.25) is 0 Å². The van der Waals surface area contributed by atoms with E-state index in [4.69, 9.17) is 9.47 Å². The van der Waals surface area contributed by atoms with Crippen molar-refractivity contribution in [2.75, 3.05) is 18.5 Å². The molecule has 0 bridgehead atoms. The van der Waals surface area contributed by atoms with Gasteiger partial charge in [0.15, 0.2) is 6.61 Å². The number of carbonyl (C=O) groups excluding carboxylic acids is 5. The molecule has 0 aliphatic carbocycles. The van der Waals surface area contributed by atoms with Gasteiger partial charge in [0.05, 0.1) is 23.3 Å². The summed E-state index contributed by atoms with van der Waals surface area (Å²) in [5, 5.41) is 2.57. The number of esters is 2. The summed E-state index contributed by atoms with van der Waals surface area (Å²) in [6.07, 6.45) is 0.908. The van der Waals surface area contributed by atoms with Crippen LogP contribution < -0.4 is 5.32 Å². The van der Waals surface area contributed by atoms with Gasteiger partial charge >= 0.3 is 11.9 Å². The third-order valence-electron chi connectivity index (χ3n) is 5.29. The lowest BCUT2D eigenvalue weighted by atomic mass is 10.0. The molecule has 0 saturated heterocycles. The lowest BCUT2D eigenvalue weighted by Gasteiger charge is -2.25. The molecule has 1 atom stereocenters. The maximum atomic E-state index is 12.9. The first kappa shape index (κ1) is 25.6. The number of carbonyl (C=O) groups is 5. The Kier molecular flexibility index (Phi) is 8.35. The highest BCUT2D eigenvalue weighted by Gasteiger charge is 2.43. The van der Waals surface area contributed by atoms with Crippen LogP contribution in [-0.2, 0) is 19.1 Å². The fourth-order valence-electron chi connectivity index (χ4n) is 3.64. The lowest BCUT2D eigenvalue weighted by molar-refractivity contribution is -0.151. The SMILES string of the molecule is CCCOC(=O)c1ccc(NC(=O)COC(=O)[C@H](CC(C)C)N2C(=O)c3ccccc3C2=O)cc1. The van der Waals surface area contributed by atoms with Gasteiger partial charge in [-0.1, -0.05) is 32.9 Å². The third-order valence-corrected chi connectivity index (χ3v) is 5.29. The van der Waals surface area contributed by atoms with Crippen molar-refractivity contribution < 1.29 is 33.4 Å². The van der Waals surface area contributed by atoms with Crippen molar-refractivity contribution >= 4 is 35.3 Å². The van der Waals surface area contributed by atoms with Gasteiger partial charge in [0.1, 0.15) is 6.04 Å². The summed E-state index contributed by atoms with van der Waals surface area (Å²) in [5.41, 5.74) is 1.22. The number of nitrogens with zero attached hydrogens (tertiary/aromatic N) is 1. The Morgan fingerprint density at radius 2 is 1.51 bits per heavy atom. The molecule has 1 heterocycles. The second-order valence-corrected chi connectivity index (χ2v) is 8.54. The number of imide groups is 1. The zero-order valence-corrected chi connectivity index (χ0v) is 19.9. The number of nitrogens with one attached hydrogen (secondary N) is 1. The van der Waals surface area contributed by atoms with E-state index in [1.54, 1.807) is 12.1 Å². The minimum absolute atomic E-state index is 0.0202. The van der Waals surface area contributed by atoms with Crippen LogP contribution in [0.25, 0.3) is 0 Å². The Morgan fingerprint density at radius 1 is 0.914 bits per heavy atom. The zero-order chi connectivity index (χ0) is 25.5. The molecule has 0 aromatic heterocycles. The number of ether oxygens (including phenoxy) is 2. The van der Waals surface area contributed by atoms with Gasteiger partial charge < -0.3 is 14.8 Å². The van der Waals surface area contributed by atoms with Crippen LogP contribution in [0.15, 0.2) is 48.5 Å². The lowest BCUT2D eigenvalue weighted by Crippen LogP contribution is -2.46. The van der Waals surface area contributed by atoms with Gasteiger partial charge in [-0.2, -0.15) is 0 Å². The Balaban J connectivity index is 1.61. The van der Waals surface area contributed by atoms with Crippen LogP contribution in [0.3, 0.4) is 0 Å². The van der Waals surface area contributed by atoms with E-state index >= 15 is 0 Å². The molecular weight excluding hydrogens is 452 g/mol. The molecule has 2 aromatic carbocycles. The summed E-state index contributed by atoms with van der Waals surface area (Å²) in [6.45, 7) is 5.32. The molecule has 35 heavy (non-hydrogen) atoms. The first-order valence-electron chi connectivity index (χ1n) is 11.4. The second kappa shape index (κ2) is 11.4. The van der Waals surface area contributed by atoms with Crippen molar-refractivity contribution in [3.05, 3.63) is 65.2 Å². The molecule has 2 aromatic rings. The van der Waals surface area contributed by atoms with E-state index < -0.39 is 42.3 Å². The Labute approximate surface area is 203 Å². The molecule has 184 valence electrons. The first-order valence-corrected chi connectivity index (χ1v) is 11.4. The van der Waals surface area contributed by atoms with E-state index in [1.165, 1.54) is 36.4 Å². The highest BCUT2D eigenvalue weighted by Crippen LogP contribution is 2.27. The monoisotopic (exact) mass is 480 g/mol. The van der Waals surface area contributed by atoms with Gasteiger partial charge in [-0.3, -0.25) is 19.3 Å². The predicted octanol–water partition coefficient (Wildman–Crippen LogP) is 3.45. The largest absolute Gasteiger partial charge is 0.462 e. The minimum atomic E-state index is -1.15. The van der Waals surface area contributed by atoms with Gasteiger partial charge in [-0.25, -0.2) is 9.59 Å². The Morgan fingerprint density at radius 3 is 2.06 bits per heavy atom. The minimum Gasteiger partial charge on any atom is -0.462 e. The normalized spacial score (nSPS) is 13.4. The van der Waals surface area contributed by atoms with Crippen LogP contribution in [-0.4, -0.2) is 53.8 Å². The molecule has 0 radical (unpaired) electrons. The van der Waals surface area contributed by atoms with E-state index in [2.05, 4.69) is 5.32 Å². The zero-order valence-electron chi connectivity index (χ0n) is 19.9. The summed E-state index contributed by atoms with van der Waals surface area (Å²) in [4.78, 5) is 63.6. The number of benzene rings is 2. The van der Waals surface area contributed by atoms with E-state index in [-0.39, 0.29) is 23.5 Å². The maximum absolute atomic E-state index is 12.9. The van der Waals surface area contributed by atoms with Crippen LogP contribution in [0.1, 0.15) is 64.7 Å². The molecule has 9 heteroatoms. The van der Waals surface area contributed by atoms with E-state index in [0.29, 0.717) is 24.3 Å². The fourth-order valence-corrected chi connectivity index (χ4v) is 3.64. The summed E-state index contributed by atoms with van der Waals surface area (Å²) >= 11 is 0. The van der Waals surface area contributed by atoms with Crippen LogP contribution in [0.5, 0.6) is 0 Å². The van der Waals surface area contributed by atoms with Gasteiger partial charge in [-0.15, -0.1) is 0 Å². The smallest absolute Gasteiger partial charge is 0.338 e. The van der Waals surface area contributed by atoms with Crippen molar-refractivity contribution in [1.82, 2.24) is 4.90 Å². The molecule has 1 aliphatic rings. The molecule has 0 spiro atoms. The van der Waals surface area contributed by atoms with Crippen molar-refractivity contribution in [3.63, 3.8) is 0 Å². The molecule has 3 amide bonds. The van der Waals surface area contributed by atoms with Crippen LogP contribution in [0, 0.1) is 5.92 Å². The van der Waals surface area contributed by atoms with Gasteiger partial charge in [0.25, 0.3) is 17.7 Å². The van der Waals surface area contributed by atoms with E-state index in [0.717, 1.165) is 4.90 Å². The standard InChI is InChI=1S/C26H28N2O7/c1-4-13-34-25(32)17-9-11-18(12-10-17)27-22(29)15-35-26(33)21(14-16(2)3)28-23(30)19-7-5-6-8-20(19)24(28)31/h5-12,16,21H,4,13-15H2,1-3H3,(H,27,29)/t21-/m0/s1. The summed E-state index contributed by atoms with van der Waals surface area (Å²) < 4.78 is 10.2. The molecule has 0 unspecified atom stereocenters. The Hall–Kier alpha value is -4.01. The van der Waals surface area contributed by atoms with Gasteiger partial charge in [-0.05, 0) is 55.2 Å². The number of hydrogen-bond donors (Lipinski definition) is 1. The van der Waals surface area contributed by atoms with Crippen LogP contribution in [0.4, 0.5) is 5.69 Å². The predicted molar refractivity (Wildman–Crippen MR) is 127 cm³/mol. The summed E-state index contributed by atoms with van der Waals surface area (Å²) in [5.74, 6) is -3.04. The van der Waals surface area contributed by atoms with Gasteiger partial charge in [0.2, 0.25) is 0 Å². The highest BCUT2D eigenvalue weighted by molar-refractivity contribution is 6.22. The van der Waals surface area contributed by atoms with Crippen molar-refractivity contribution in [1.29, 1.82) is 0 Å². The molecule has 1 aliphatic heterocycles. The molecule has 9 nitrogen and oxygen atoms in total. The fraction of sp³-hybridized carbons (Fsp3) is 0.346. The highest BCUT2D eigenvalue weighted by atomic mass is 16.5. The molecule has 3 rings (SSSR count). The number of fused-ring (bicyclic) bond motifs is 1. The summed E-state index contributed by atoms with van der Waals surface area (Å²) in [6, 6.07) is 11.3. The molecule has 0 saturated carbocycles. The number of amides is 3. The summed E-state index contributed by atoms with van der Waals surface area (Å²) in [7, 11) is 0. The van der Waals surface area contributed by atoms with Crippen molar-refractivity contribution in [3.8, 4) is 0 Å².